The summed E-state index contributed by atoms with van der Waals surface area (Å²) in [6.07, 6.45) is 2.05. The smallest absolute Gasteiger partial charge is 0.267 e. The molecule has 0 rings (SSSR count). The first-order valence-electron chi connectivity index (χ1n) is 4.68. The molecule has 0 radical (unpaired) electrons. The fourth-order valence-corrected chi connectivity index (χ4v) is 1.03. The average molecular weight is 509 g/mol. The fraction of sp³-hybridized carbons (Fsp3) is 0.778. The van der Waals surface area contributed by atoms with Gasteiger partial charge in [-0.25, -0.2) is 0 Å². The van der Waals surface area contributed by atoms with Crippen molar-refractivity contribution in [3.05, 3.63) is 0 Å². The first-order valence-corrected chi connectivity index (χ1v) is 8.81. The number of thiol groups is 1. The number of halogens is 2. The number of carbonyl (C=O) groups is 2. The van der Waals surface area contributed by atoms with Gasteiger partial charge in [-0.3, -0.25) is 9.59 Å². The van der Waals surface area contributed by atoms with E-state index < -0.39 is 0 Å². The summed E-state index contributed by atoms with van der Waals surface area (Å²) in [4.78, 5) is 19.8. The minimum Gasteiger partial charge on any atom is -0.369 e. The Morgan fingerprint density at radius 2 is 1.53 bits per heavy atom. The lowest BCUT2D eigenvalue weighted by Crippen LogP contribution is -2.23. The second kappa shape index (κ2) is 22.3. The van der Waals surface area contributed by atoms with Crippen LogP contribution in [-0.2, 0) is 20.5 Å². The normalized spacial score (nSPS) is 9.47. The molecule has 0 aromatic heterocycles. The number of hydrogen-bond donors (Lipinski definition) is 3. The van der Waals surface area contributed by atoms with E-state index in [1.165, 1.54) is 0 Å². The lowest BCUT2D eigenvalue weighted by Gasteiger charge is -1.93. The summed E-state index contributed by atoms with van der Waals surface area (Å²) >= 11 is 5.69. The molecule has 8 heteroatoms. The summed E-state index contributed by atoms with van der Waals surface area (Å²) < 4.78 is 0.414. The zero-order chi connectivity index (χ0) is 13.6. The zero-order valence-electron chi connectivity index (χ0n) is 10.4. The van der Waals surface area contributed by atoms with Crippen molar-refractivity contribution in [1.29, 1.82) is 0 Å². The van der Waals surface area contributed by atoms with Crippen LogP contribution in [0.1, 0.15) is 13.8 Å². The van der Waals surface area contributed by atoms with E-state index >= 15 is 0 Å². The van der Waals surface area contributed by atoms with E-state index in [1.807, 2.05) is 35.8 Å². The molecule has 0 aliphatic rings. The van der Waals surface area contributed by atoms with Gasteiger partial charge >= 0.3 is 0 Å². The molecule has 4 nitrogen and oxygen atoms in total. The molecule has 0 aliphatic carbocycles. The second-order valence-corrected chi connectivity index (χ2v) is 6.42. The summed E-state index contributed by atoms with van der Waals surface area (Å²) in [6, 6.07) is 0. The van der Waals surface area contributed by atoms with Gasteiger partial charge in [-0.05, 0) is 23.6 Å². The van der Waals surface area contributed by atoms with Crippen molar-refractivity contribution in [3.63, 3.8) is 0 Å². The maximum absolute atomic E-state index is 10.2. The van der Waals surface area contributed by atoms with Crippen molar-refractivity contribution in [1.82, 2.24) is 0 Å². The highest BCUT2D eigenvalue weighted by atomic mass is 127. The van der Waals surface area contributed by atoms with Crippen LogP contribution in [-0.4, -0.2) is 39.8 Å². The Hall–Kier alpha value is 1.10. The van der Waals surface area contributed by atoms with Crippen molar-refractivity contribution in [2.45, 2.75) is 13.8 Å². The summed E-state index contributed by atoms with van der Waals surface area (Å²) in [7, 11) is 0.218. The third-order valence-electron chi connectivity index (χ3n) is 1.01. The van der Waals surface area contributed by atoms with Crippen LogP contribution in [0.4, 0.5) is 0 Å². The van der Waals surface area contributed by atoms with E-state index in [0.717, 1.165) is 11.5 Å². The van der Waals surface area contributed by atoms with E-state index in [0.29, 0.717) is 10.2 Å². The third-order valence-corrected chi connectivity index (χ3v) is 3.53. The summed E-state index contributed by atoms with van der Waals surface area (Å²) in [6.45, 7) is 4.05. The molecule has 2 amide bonds. The van der Waals surface area contributed by atoms with Gasteiger partial charge in [0.15, 0.2) is 5.75 Å². The molecule has 0 bridgehead atoms. The predicted octanol–water partition coefficient (Wildman–Crippen LogP) is 1.20. The van der Waals surface area contributed by atoms with Gasteiger partial charge < -0.3 is 11.5 Å². The molecule has 0 heterocycles. The maximum atomic E-state index is 10.2. The van der Waals surface area contributed by atoms with Crippen LogP contribution in [0, 0.1) is 0 Å². The number of alkyl halides is 1. The van der Waals surface area contributed by atoms with Gasteiger partial charge in [-0.2, -0.15) is 12.6 Å². The lowest BCUT2D eigenvalue weighted by atomic mass is 10.8. The van der Waals surface area contributed by atoms with Gasteiger partial charge in [0.2, 0.25) is 5.91 Å². The molecule has 0 aromatic rings. The number of rotatable bonds is 4. The van der Waals surface area contributed by atoms with Gasteiger partial charge in [0.05, 0.1) is 10.7 Å². The Morgan fingerprint density at radius 1 is 1.24 bits per heavy atom. The average Bonchev–Trinajstić information content (AvgIpc) is 2.18. The number of hydrogen-bond acceptors (Lipinski definition) is 3. The van der Waals surface area contributed by atoms with E-state index in [9.17, 15) is 9.59 Å². The SMILES string of the molecule is CCS.CC[S+](C)CC(N)=O.I.NC(=O)CI. The van der Waals surface area contributed by atoms with Crippen molar-refractivity contribution in [3.8, 4) is 0 Å². The number of carbonyl (C=O) groups excluding carboxylic acids is 2. The van der Waals surface area contributed by atoms with Crippen LogP contribution < -0.4 is 11.5 Å². The first-order chi connectivity index (χ1) is 7.35. The maximum Gasteiger partial charge on any atom is 0.267 e. The van der Waals surface area contributed by atoms with Gasteiger partial charge in [0.1, 0.15) is 5.75 Å². The Labute approximate surface area is 143 Å². The first kappa shape index (κ1) is 26.6. The van der Waals surface area contributed by atoms with Crippen LogP contribution in [0.2, 0.25) is 0 Å². The number of primary amides is 2. The molecular formula is C9H23I2N2O2S2+. The molecule has 0 saturated carbocycles. The highest BCUT2D eigenvalue weighted by Crippen LogP contribution is 1.87. The van der Waals surface area contributed by atoms with Crippen LogP contribution in [0.5, 0.6) is 0 Å². The summed E-state index contributed by atoms with van der Waals surface area (Å²) in [5, 5.41) is 0. The second-order valence-electron chi connectivity index (χ2n) is 2.60. The Balaban J connectivity index is -0.0000000815. The molecule has 0 spiro atoms. The minimum absolute atomic E-state index is 0. The molecule has 0 aromatic carbocycles. The molecule has 106 valence electrons. The highest BCUT2D eigenvalue weighted by molar-refractivity contribution is 14.1. The van der Waals surface area contributed by atoms with Crippen molar-refractivity contribution in [2.75, 3.05) is 27.9 Å². The number of amides is 2. The van der Waals surface area contributed by atoms with Crippen LogP contribution >= 0.6 is 59.2 Å². The highest BCUT2D eigenvalue weighted by Gasteiger charge is 2.09. The Bertz CT molecular complexity index is 186. The van der Waals surface area contributed by atoms with E-state index in [-0.39, 0.29) is 46.7 Å². The standard InChI is InChI=1S/C5H11NOS.C2H4INO.C2H6S.HI/c1-3-8(2)4-5(6)7;3-1-2(4)5;1-2-3;/h3-4H2,1-2H3,(H-,6,7);1H2,(H2,4,5);3H,2H2,1H3;1H/p+1. The van der Waals surface area contributed by atoms with Crippen LogP contribution in [0.15, 0.2) is 0 Å². The van der Waals surface area contributed by atoms with Gasteiger partial charge in [-0.1, -0.05) is 29.5 Å². The molecule has 4 N–H and O–H groups in total. The lowest BCUT2D eigenvalue weighted by molar-refractivity contribution is -0.116. The Kier molecular flexibility index (Phi) is 34.9. The van der Waals surface area contributed by atoms with Gasteiger partial charge in [0, 0.05) is 0 Å². The molecular weight excluding hydrogens is 486 g/mol. The van der Waals surface area contributed by atoms with E-state index in [4.69, 9.17) is 5.73 Å². The van der Waals surface area contributed by atoms with Crippen LogP contribution in [0.3, 0.4) is 0 Å². The molecule has 0 saturated heterocycles. The summed E-state index contributed by atoms with van der Waals surface area (Å²) in [5.74, 6) is 2.11. The van der Waals surface area contributed by atoms with E-state index in [2.05, 4.69) is 25.3 Å². The monoisotopic (exact) mass is 509 g/mol. The molecule has 0 fully saturated rings. The van der Waals surface area contributed by atoms with Crippen molar-refractivity contribution >= 4 is 81.9 Å². The third kappa shape index (κ3) is 47.1. The summed E-state index contributed by atoms with van der Waals surface area (Å²) in [5.41, 5.74) is 9.58. The van der Waals surface area contributed by atoms with Crippen molar-refractivity contribution < 1.29 is 9.59 Å². The molecule has 1 unspecified atom stereocenters. The van der Waals surface area contributed by atoms with Gasteiger partial charge in [-0.15, -0.1) is 24.0 Å². The Morgan fingerprint density at radius 3 is 1.59 bits per heavy atom. The fourth-order valence-electron chi connectivity index (χ4n) is 0.345. The topological polar surface area (TPSA) is 86.2 Å². The predicted molar refractivity (Wildman–Crippen MR) is 101 cm³/mol. The zero-order valence-corrected chi connectivity index (χ0v) is 16.6. The van der Waals surface area contributed by atoms with Gasteiger partial charge in [0.25, 0.3) is 5.91 Å². The van der Waals surface area contributed by atoms with E-state index in [1.54, 1.807) is 0 Å². The quantitative estimate of drug-likeness (QED) is 0.231. The minimum atomic E-state index is -0.259. The molecule has 0 aliphatic heterocycles. The molecule has 1 atom stereocenters. The van der Waals surface area contributed by atoms with Crippen molar-refractivity contribution in [2.24, 2.45) is 11.5 Å². The number of nitrogens with two attached hydrogens (primary N) is 2. The van der Waals surface area contributed by atoms with Crippen LogP contribution in [0.25, 0.3) is 0 Å². The molecule has 17 heavy (non-hydrogen) atoms. The largest absolute Gasteiger partial charge is 0.369 e.